The predicted octanol–water partition coefficient (Wildman–Crippen LogP) is 3.61. The molecule has 0 bridgehead atoms. The molecule has 1 aromatic heterocycles. The quantitative estimate of drug-likeness (QED) is 0.665. The van der Waals surface area contributed by atoms with Crippen molar-refractivity contribution in [3.05, 3.63) is 65.2 Å². The number of carbonyl (C=O) groups excluding carboxylic acids is 2. The molecule has 1 aliphatic heterocycles. The molecule has 0 saturated heterocycles. The number of thiazole rings is 1. The minimum Gasteiger partial charge on any atom is -0.476 e. The second kappa shape index (κ2) is 7.67. The maximum atomic E-state index is 13.3. The van der Waals surface area contributed by atoms with Gasteiger partial charge in [0.25, 0.3) is 11.8 Å². The zero-order valence-corrected chi connectivity index (χ0v) is 17.3. The lowest BCUT2D eigenvalue weighted by atomic mass is 10.1. The van der Waals surface area contributed by atoms with Crippen molar-refractivity contribution in [1.29, 1.82) is 0 Å². The number of hydrogen-bond acceptors (Lipinski definition) is 5. The van der Waals surface area contributed by atoms with E-state index in [1.165, 1.54) is 21.8 Å². The Morgan fingerprint density at radius 1 is 1.14 bits per heavy atom. The van der Waals surface area contributed by atoms with Gasteiger partial charge in [0.15, 0.2) is 6.10 Å². The molecule has 0 radical (unpaired) electrons. The van der Waals surface area contributed by atoms with E-state index in [1.807, 2.05) is 49.4 Å². The van der Waals surface area contributed by atoms with Gasteiger partial charge < -0.3 is 9.64 Å². The summed E-state index contributed by atoms with van der Waals surface area (Å²) in [6, 6.07) is 15.3. The van der Waals surface area contributed by atoms with Crippen LogP contribution in [0.25, 0.3) is 10.6 Å². The number of aryl methyl sites for hydroxylation is 1. The van der Waals surface area contributed by atoms with Gasteiger partial charge in [-0.05, 0) is 19.1 Å². The fourth-order valence-corrected chi connectivity index (χ4v) is 3.98. The zero-order valence-electron chi connectivity index (χ0n) is 16.5. The Labute approximate surface area is 173 Å². The van der Waals surface area contributed by atoms with E-state index in [2.05, 4.69) is 4.98 Å². The number of likely N-dealkylation sites (N-methyl/N-ethyl adjacent to an activating group) is 1. The number of aromatic nitrogens is 1. The fourth-order valence-electron chi connectivity index (χ4n) is 3.18. The highest BCUT2D eigenvalue weighted by Crippen LogP contribution is 2.35. The molecule has 2 heterocycles. The van der Waals surface area contributed by atoms with Crippen molar-refractivity contribution in [2.45, 2.75) is 13.0 Å². The van der Waals surface area contributed by atoms with Gasteiger partial charge in [0.2, 0.25) is 0 Å². The van der Waals surface area contributed by atoms with Crippen molar-refractivity contribution < 1.29 is 14.3 Å². The summed E-state index contributed by atoms with van der Waals surface area (Å²) in [6.45, 7) is 2.17. The number of amides is 2. The molecule has 0 saturated carbocycles. The number of para-hydroxylation sites is 2. The molecule has 0 fully saturated rings. The van der Waals surface area contributed by atoms with E-state index in [-0.39, 0.29) is 18.4 Å². The number of rotatable bonds is 3. The summed E-state index contributed by atoms with van der Waals surface area (Å²) in [6.07, 6.45) is -0.751. The first-order valence-corrected chi connectivity index (χ1v) is 10.1. The lowest BCUT2D eigenvalue weighted by molar-refractivity contribution is -0.135. The topological polar surface area (TPSA) is 62.7 Å². The minimum absolute atomic E-state index is 0.143. The first-order chi connectivity index (χ1) is 13.9. The first kappa shape index (κ1) is 19.1. The molecule has 7 heteroatoms. The number of carbonyl (C=O) groups is 2. The largest absolute Gasteiger partial charge is 0.476 e. The summed E-state index contributed by atoms with van der Waals surface area (Å²) >= 11 is 1.43. The Balaban J connectivity index is 1.65. The van der Waals surface area contributed by atoms with Crippen molar-refractivity contribution in [3.8, 4) is 16.3 Å². The van der Waals surface area contributed by atoms with E-state index in [0.717, 1.165) is 10.6 Å². The summed E-state index contributed by atoms with van der Waals surface area (Å²) in [7, 11) is 3.35. The third kappa shape index (κ3) is 3.73. The highest BCUT2D eigenvalue weighted by Gasteiger charge is 2.35. The van der Waals surface area contributed by atoms with E-state index >= 15 is 0 Å². The molecular weight excluding hydrogens is 386 g/mol. The van der Waals surface area contributed by atoms with Gasteiger partial charge in [-0.15, -0.1) is 11.3 Å². The molecule has 1 atom stereocenters. The predicted molar refractivity (Wildman–Crippen MR) is 114 cm³/mol. The van der Waals surface area contributed by atoms with Crippen LogP contribution in [0, 0.1) is 6.92 Å². The SMILES string of the molecule is Cc1ccc(-c2nc(C(=O)N3C[C@H](C(=O)N(C)C)Oc4ccccc43)cs2)cc1. The van der Waals surface area contributed by atoms with E-state index in [9.17, 15) is 9.59 Å². The van der Waals surface area contributed by atoms with Crippen LogP contribution >= 0.6 is 11.3 Å². The molecule has 1 aliphatic rings. The molecule has 0 spiro atoms. The van der Waals surface area contributed by atoms with Crippen molar-refractivity contribution >= 4 is 28.8 Å². The molecule has 0 unspecified atom stereocenters. The zero-order chi connectivity index (χ0) is 20.5. The Morgan fingerprint density at radius 2 is 1.86 bits per heavy atom. The van der Waals surface area contributed by atoms with Gasteiger partial charge >= 0.3 is 0 Å². The van der Waals surface area contributed by atoms with Crippen LogP contribution in [0.5, 0.6) is 5.75 Å². The molecular formula is C22H21N3O3S. The van der Waals surface area contributed by atoms with E-state index < -0.39 is 6.10 Å². The summed E-state index contributed by atoms with van der Waals surface area (Å²) < 4.78 is 5.85. The summed E-state index contributed by atoms with van der Waals surface area (Å²) in [5.74, 6) is 0.0872. The lowest BCUT2D eigenvalue weighted by Crippen LogP contribution is -2.50. The second-order valence-electron chi connectivity index (χ2n) is 7.13. The van der Waals surface area contributed by atoms with Gasteiger partial charge in [-0.2, -0.15) is 0 Å². The summed E-state index contributed by atoms with van der Waals surface area (Å²) in [5, 5.41) is 2.55. The first-order valence-electron chi connectivity index (χ1n) is 9.25. The lowest BCUT2D eigenvalue weighted by Gasteiger charge is -2.34. The van der Waals surface area contributed by atoms with Gasteiger partial charge in [-0.1, -0.05) is 42.0 Å². The molecule has 29 heavy (non-hydrogen) atoms. The molecule has 148 valence electrons. The third-order valence-electron chi connectivity index (χ3n) is 4.76. The standard InChI is InChI=1S/C22H21N3O3S/c1-14-8-10-15(11-9-14)20-23-16(13-29-20)21(26)25-12-19(22(27)24(2)3)28-18-7-5-4-6-17(18)25/h4-11,13,19H,12H2,1-3H3/t19-/m1/s1. The highest BCUT2D eigenvalue weighted by atomic mass is 32.1. The van der Waals surface area contributed by atoms with Gasteiger partial charge in [0.05, 0.1) is 12.2 Å². The van der Waals surface area contributed by atoms with Gasteiger partial charge in [-0.3, -0.25) is 14.5 Å². The maximum Gasteiger partial charge on any atom is 0.278 e. The second-order valence-corrected chi connectivity index (χ2v) is 7.98. The van der Waals surface area contributed by atoms with Crippen LogP contribution in [0.3, 0.4) is 0 Å². The van der Waals surface area contributed by atoms with Crippen molar-refractivity contribution in [3.63, 3.8) is 0 Å². The highest BCUT2D eigenvalue weighted by molar-refractivity contribution is 7.13. The Morgan fingerprint density at radius 3 is 2.59 bits per heavy atom. The third-order valence-corrected chi connectivity index (χ3v) is 5.65. The molecule has 3 aromatic rings. The monoisotopic (exact) mass is 407 g/mol. The van der Waals surface area contributed by atoms with Crippen LogP contribution in [-0.4, -0.2) is 48.4 Å². The number of fused-ring (bicyclic) bond motifs is 1. The van der Waals surface area contributed by atoms with Crippen LogP contribution < -0.4 is 9.64 Å². The molecule has 2 amide bonds. The van der Waals surface area contributed by atoms with E-state index in [0.29, 0.717) is 17.1 Å². The minimum atomic E-state index is -0.751. The average molecular weight is 407 g/mol. The maximum absolute atomic E-state index is 13.3. The molecule has 0 aliphatic carbocycles. The molecule has 0 N–H and O–H groups in total. The fraction of sp³-hybridized carbons (Fsp3) is 0.227. The normalized spacial score (nSPS) is 15.4. The van der Waals surface area contributed by atoms with Crippen LogP contribution in [0.15, 0.2) is 53.9 Å². The van der Waals surface area contributed by atoms with Crippen molar-refractivity contribution in [2.24, 2.45) is 0 Å². The van der Waals surface area contributed by atoms with Crippen LogP contribution in [0.4, 0.5) is 5.69 Å². The number of anilines is 1. The Kier molecular flexibility index (Phi) is 5.07. The van der Waals surface area contributed by atoms with E-state index in [4.69, 9.17) is 4.74 Å². The van der Waals surface area contributed by atoms with Crippen LogP contribution in [0.1, 0.15) is 16.1 Å². The Hall–Kier alpha value is -3.19. The van der Waals surface area contributed by atoms with E-state index in [1.54, 1.807) is 30.4 Å². The average Bonchev–Trinajstić information content (AvgIpc) is 3.22. The van der Waals surface area contributed by atoms with Gasteiger partial charge in [-0.25, -0.2) is 4.98 Å². The molecule has 2 aromatic carbocycles. The number of nitrogens with zero attached hydrogens (tertiary/aromatic N) is 3. The molecule has 4 rings (SSSR count). The van der Waals surface area contributed by atoms with Gasteiger partial charge in [0, 0.05) is 25.0 Å². The number of benzene rings is 2. The number of ether oxygens (including phenoxy) is 1. The van der Waals surface area contributed by atoms with Crippen LogP contribution in [0.2, 0.25) is 0 Å². The summed E-state index contributed by atoms with van der Waals surface area (Å²) in [5.41, 5.74) is 3.15. The summed E-state index contributed by atoms with van der Waals surface area (Å²) in [4.78, 5) is 33.4. The van der Waals surface area contributed by atoms with Gasteiger partial charge in [0.1, 0.15) is 16.5 Å². The van der Waals surface area contributed by atoms with Crippen molar-refractivity contribution in [2.75, 3.05) is 25.5 Å². The van der Waals surface area contributed by atoms with Crippen LogP contribution in [-0.2, 0) is 4.79 Å². The smallest absolute Gasteiger partial charge is 0.278 e. The van der Waals surface area contributed by atoms with Crippen molar-refractivity contribution in [1.82, 2.24) is 9.88 Å². The Bertz CT molecular complexity index is 1060. The number of hydrogen-bond donors (Lipinski definition) is 0. The molecule has 6 nitrogen and oxygen atoms in total.